The van der Waals surface area contributed by atoms with Crippen LogP contribution < -0.4 is 21.3 Å². The van der Waals surface area contributed by atoms with E-state index in [1.807, 2.05) is 26.2 Å². The van der Waals surface area contributed by atoms with Gasteiger partial charge >= 0.3 is 0 Å². The maximum Gasteiger partial charge on any atom is 0.255 e. The number of rotatable bonds is 4. The quantitative estimate of drug-likeness (QED) is 0.489. The summed E-state index contributed by atoms with van der Waals surface area (Å²) in [5.74, 6) is 0.000774. The zero-order valence-electron chi connectivity index (χ0n) is 15.4. The van der Waals surface area contributed by atoms with Crippen LogP contribution in [0.2, 0.25) is 0 Å². The van der Waals surface area contributed by atoms with Crippen molar-refractivity contribution in [3.05, 3.63) is 47.5 Å². The fraction of sp³-hybridized carbons (Fsp3) is 0.526. The van der Waals surface area contributed by atoms with Gasteiger partial charge in [0.15, 0.2) is 0 Å². The monoisotopic (exact) mass is 357 g/mol. The van der Waals surface area contributed by atoms with Crippen LogP contribution in [0.4, 0.5) is 0 Å². The van der Waals surface area contributed by atoms with Crippen LogP contribution in [0.1, 0.15) is 20.8 Å². The van der Waals surface area contributed by atoms with Gasteiger partial charge in [0.2, 0.25) is 0 Å². The van der Waals surface area contributed by atoms with Crippen molar-refractivity contribution >= 4 is 5.91 Å². The summed E-state index contributed by atoms with van der Waals surface area (Å²) in [6.45, 7) is 6.32. The van der Waals surface area contributed by atoms with E-state index in [1.54, 1.807) is 4.90 Å². The van der Waals surface area contributed by atoms with Crippen LogP contribution in [0.25, 0.3) is 0 Å². The van der Waals surface area contributed by atoms with E-state index < -0.39 is 6.10 Å². The lowest BCUT2D eigenvalue weighted by molar-refractivity contribution is -0.138. The number of aliphatic hydroxyl groups is 1. The number of fused-ring (bicyclic) bond motifs is 2. The molecule has 7 heteroatoms. The van der Waals surface area contributed by atoms with E-state index in [1.165, 1.54) is 0 Å². The van der Waals surface area contributed by atoms with Crippen molar-refractivity contribution in [3.8, 4) is 0 Å². The number of amides is 1. The molecule has 1 amide bonds. The Balaban J connectivity index is 1.44. The van der Waals surface area contributed by atoms with E-state index in [0.717, 1.165) is 16.8 Å². The van der Waals surface area contributed by atoms with E-state index >= 15 is 0 Å². The molecule has 0 aromatic carbocycles. The summed E-state index contributed by atoms with van der Waals surface area (Å²) < 4.78 is 0. The molecule has 0 spiro atoms. The summed E-state index contributed by atoms with van der Waals surface area (Å²) in [5.41, 5.74) is 3.19. The van der Waals surface area contributed by atoms with Gasteiger partial charge in [-0.2, -0.15) is 0 Å². The van der Waals surface area contributed by atoms with Crippen molar-refractivity contribution in [1.29, 1.82) is 0 Å². The van der Waals surface area contributed by atoms with E-state index in [4.69, 9.17) is 0 Å². The lowest BCUT2D eigenvalue weighted by atomic mass is 10.0. The average molecular weight is 357 g/mol. The SMILES string of the molecule is CC1NC2NC=CC2C(NC2=CC3=CN(C(=O)[C@H](O)C(C)C)CC3=C2)N1. The van der Waals surface area contributed by atoms with E-state index in [0.29, 0.717) is 12.5 Å². The molecule has 4 aliphatic rings. The van der Waals surface area contributed by atoms with Crippen LogP contribution in [-0.4, -0.2) is 47.1 Å². The third-order valence-corrected chi connectivity index (χ3v) is 5.36. The predicted molar refractivity (Wildman–Crippen MR) is 99.0 cm³/mol. The number of hydrogen-bond acceptors (Lipinski definition) is 6. The van der Waals surface area contributed by atoms with Gasteiger partial charge in [-0.3, -0.25) is 15.4 Å². The Morgan fingerprint density at radius 1 is 1.35 bits per heavy atom. The number of nitrogens with zero attached hydrogens (tertiary/aromatic N) is 1. The molecule has 5 atom stereocenters. The Morgan fingerprint density at radius 2 is 2.15 bits per heavy atom. The average Bonchev–Trinajstić information content (AvgIpc) is 3.27. The molecule has 4 unspecified atom stereocenters. The lowest BCUT2D eigenvalue weighted by Crippen LogP contribution is -2.67. The largest absolute Gasteiger partial charge is 0.383 e. The second kappa shape index (κ2) is 6.57. The van der Waals surface area contributed by atoms with Gasteiger partial charge in [0.05, 0.1) is 25.0 Å². The van der Waals surface area contributed by atoms with Crippen LogP contribution in [0.15, 0.2) is 47.5 Å². The molecule has 0 aromatic rings. The third kappa shape index (κ3) is 3.06. The number of allylic oxidation sites excluding steroid dienone is 2. The van der Waals surface area contributed by atoms with Gasteiger partial charge in [-0.15, -0.1) is 0 Å². The van der Waals surface area contributed by atoms with Gasteiger partial charge in [0, 0.05) is 17.8 Å². The topological polar surface area (TPSA) is 88.7 Å². The van der Waals surface area contributed by atoms with Crippen LogP contribution in [-0.2, 0) is 4.79 Å². The minimum Gasteiger partial charge on any atom is -0.383 e. The standard InChI is InChI=1S/C19H27N5O2/c1-10(2)16(25)19(26)24-8-12-6-14(7-13(12)9-24)23-18-15-4-5-20-17(15)21-11(3)22-18/h4-8,10-11,15-18,20-23,25H,9H2,1-3H3/t11?,15?,16-,17?,18?/m1/s1. The molecule has 5 N–H and O–H groups in total. The van der Waals surface area contributed by atoms with Crippen molar-refractivity contribution in [2.45, 2.75) is 45.4 Å². The van der Waals surface area contributed by atoms with Gasteiger partial charge in [0.25, 0.3) is 5.91 Å². The zero-order valence-corrected chi connectivity index (χ0v) is 15.4. The minimum atomic E-state index is -0.952. The normalized spacial score (nSPS) is 33.3. The maximum atomic E-state index is 12.3. The van der Waals surface area contributed by atoms with E-state index in [-0.39, 0.29) is 30.3 Å². The highest BCUT2D eigenvalue weighted by atomic mass is 16.3. The van der Waals surface area contributed by atoms with Crippen molar-refractivity contribution in [2.75, 3.05) is 6.54 Å². The van der Waals surface area contributed by atoms with Crippen molar-refractivity contribution in [1.82, 2.24) is 26.2 Å². The molecular formula is C19H27N5O2. The summed E-state index contributed by atoms with van der Waals surface area (Å²) >= 11 is 0. The molecule has 3 heterocycles. The smallest absolute Gasteiger partial charge is 0.255 e. The highest BCUT2D eigenvalue weighted by Crippen LogP contribution is 2.31. The lowest BCUT2D eigenvalue weighted by Gasteiger charge is -2.40. The minimum absolute atomic E-state index is 0.0860. The summed E-state index contributed by atoms with van der Waals surface area (Å²) in [4.78, 5) is 13.9. The fourth-order valence-corrected chi connectivity index (χ4v) is 3.88. The molecule has 0 saturated carbocycles. The summed E-state index contributed by atoms with van der Waals surface area (Å²) in [5, 5.41) is 23.9. The summed E-state index contributed by atoms with van der Waals surface area (Å²) in [7, 11) is 0. The summed E-state index contributed by atoms with van der Waals surface area (Å²) in [6.07, 6.45) is 9.80. The first kappa shape index (κ1) is 17.3. The third-order valence-electron chi connectivity index (χ3n) is 5.36. The second-order valence-electron chi connectivity index (χ2n) is 7.77. The number of hydrogen-bond donors (Lipinski definition) is 5. The molecule has 0 aromatic heterocycles. The van der Waals surface area contributed by atoms with Gasteiger partial charge in [-0.1, -0.05) is 19.9 Å². The molecule has 7 nitrogen and oxygen atoms in total. The molecule has 3 aliphatic heterocycles. The Bertz CT molecular complexity index is 723. The highest BCUT2D eigenvalue weighted by Gasteiger charge is 2.37. The molecule has 1 saturated heterocycles. The van der Waals surface area contributed by atoms with Gasteiger partial charge in [0.1, 0.15) is 6.10 Å². The molecule has 26 heavy (non-hydrogen) atoms. The second-order valence-corrected chi connectivity index (χ2v) is 7.77. The number of nitrogens with one attached hydrogen (secondary N) is 4. The molecule has 0 bridgehead atoms. The Morgan fingerprint density at radius 3 is 2.88 bits per heavy atom. The molecule has 0 radical (unpaired) electrons. The van der Waals surface area contributed by atoms with Crippen molar-refractivity contribution in [3.63, 3.8) is 0 Å². The van der Waals surface area contributed by atoms with Gasteiger partial charge in [-0.25, -0.2) is 0 Å². The Labute approximate surface area is 153 Å². The molecule has 4 rings (SSSR count). The Hall–Kier alpha value is -2.09. The Kier molecular flexibility index (Phi) is 4.38. The first-order valence-electron chi connectivity index (χ1n) is 9.27. The number of aliphatic hydroxyl groups excluding tert-OH is 1. The first-order valence-corrected chi connectivity index (χ1v) is 9.27. The number of carbonyl (C=O) groups excluding carboxylic acids is 1. The predicted octanol–water partition coefficient (Wildman–Crippen LogP) is 0.0670. The first-order chi connectivity index (χ1) is 12.4. The van der Waals surface area contributed by atoms with Crippen LogP contribution >= 0.6 is 0 Å². The molecule has 1 fully saturated rings. The summed E-state index contributed by atoms with van der Waals surface area (Å²) in [6, 6.07) is 0. The molecule has 1 aliphatic carbocycles. The number of carbonyl (C=O) groups is 1. The van der Waals surface area contributed by atoms with Crippen LogP contribution in [0.3, 0.4) is 0 Å². The van der Waals surface area contributed by atoms with Gasteiger partial charge in [-0.05, 0) is 42.3 Å². The molecule has 140 valence electrons. The molecular weight excluding hydrogens is 330 g/mol. The van der Waals surface area contributed by atoms with Crippen molar-refractivity contribution < 1.29 is 9.90 Å². The fourth-order valence-electron chi connectivity index (χ4n) is 3.88. The van der Waals surface area contributed by atoms with E-state index in [2.05, 4.69) is 46.4 Å². The highest BCUT2D eigenvalue weighted by molar-refractivity contribution is 5.84. The van der Waals surface area contributed by atoms with E-state index in [9.17, 15) is 9.90 Å². The maximum absolute atomic E-state index is 12.3. The van der Waals surface area contributed by atoms with Crippen LogP contribution in [0.5, 0.6) is 0 Å². The van der Waals surface area contributed by atoms with Crippen molar-refractivity contribution in [2.24, 2.45) is 11.8 Å². The van der Waals surface area contributed by atoms with Gasteiger partial charge < -0.3 is 20.6 Å². The van der Waals surface area contributed by atoms with Crippen LogP contribution in [0, 0.1) is 11.8 Å². The zero-order chi connectivity index (χ0) is 18.4.